The van der Waals surface area contributed by atoms with E-state index >= 15 is 0 Å². The van der Waals surface area contributed by atoms with Crippen molar-refractivity contribution < 1.29 is 23.3 Å². The third-order valence-electron chi connectivity index (χ3n) is 13.9. The van der Waals surface area contributed by atoms with E-state index in [4.69, 9.17) is 19.1 Å². The number of ether oxygens (including phenoxy) is 1. The summed E-state index contributed by atoms with van der Waals surface area (Å²) in [7, 11) is -2.75. The van der Waals surface area contributed by atoms with Gasteiger partial charge in [0.15, 0.2) is 5.58 Å². The molecule has 3 aliphatic rings. The number of halogens is 1. The molecule has 1 atom stereocenters. The molecule has 3 aromatic carbocycles. The van der Waals surface area contributed by atoms with E-state index in [1.807, 2.05) is 50.2 Å². The number of piperidine rings is 2. The van der Waals surface area contributed by atoms with Gasteiger partial charge in [-0.1, -0.05) is 32.0 Å². The van der Waals surface area contributed by atoms with E-state index < -0.39 is 24.8 Å². The minimum Gasteiger partial charge on any atom is -0.492 e. The first-order valence-corrected chi connectivity index (χ1v) is 27.6. The van der Waals surface area contributed by atoms with E-state index in [1.165, 1.54) is 15.8 Å². The van der Waals surface area contributed by atoms with Crippen molar-refractivity contribution in [3.05, 3.63) is 92.1 Å². The molecule has 1 unspecified atom stereocenters. The topological polar surface area (TPSA) is 180 Å². The number of nitrogens with one attached hydrogen (secondary N) is 3. The average molecular weight is 1020 g/mol. The van der Waals surface area contributed by atoms with Crippen molar-refractivity contribution in [2.24, 2.45) is 0 Å². The van der Waals surface area contributed by atoms with Crippen molar-refractivity contribution in [3.8, 4) is 5.75 Å². The predicted molar refractivity (Wildman–Crippen MR) is 277 cm³/mol. The summed E-state index contributed by atoms with van der Waals surface area (Å²) in [5.41, 5.74) is 8.68. The van der Waals surface area contributed by atoms with Crippen molar-refractivity contribution in [2.45, 2.75) is 84.7 Å². The van der Waals surface area contributed by atoms with Gasteiger partial charge in [-0.2, -0.15) is 4.98 Å². The van der Waals surface area contributed by atoms with Crippen LogP contribution in [0.4, 0.5) is 28.8 Å². The number of carbonyl (C=O) groups excluding carboxylic acids is 2. The minimum atomic E-state index is -2.75. The molecule has 0 saturated carbocycles. The van der Waals surface area contributed by atoms with Crippen LogP contribution in [-0.4, -0.2) is 113 Å². The number of oxazole rings is 1. The molecule has 3 fully saturated rings. The van der Waals surface area contributed by atoms with E-state index in [-0.39, 0.29) is 18.7 Å². The SMILES string of the molecule is CCOc1cc(N2CCC(N3CCN(CCc4ccc(C)c5c4oc(=O)n5C4CCC(=O)NC4=O)CC3)CC2)c(CC)cc1Nc1ncc(Br)c(Nc2ccc3nc(CC)ccc3c2P(C)(C)=O)n1. The van der Waals surface area contributed by atoms with Crippen LogP contribution in [0.3, 0.4) is 0 Å². The fourth-order valence-electron chi connectivity index (χ4n) is 10.3. The number of piperazine rings is 1. The lowest BCUT2D eigenvalue weighted by Crippen LogP contribution is -2.53. The molecule has 0 radical (unpaired) electrons. The van der Waals surface area contributed by atoms with Crippen LogP contribution in [0.2, 0.25) is 0 Å². The maximum atomic E-state index is 13.8. The van der Waals surface area contributed by atoms with Gasteiger partial charge in [0.2, 0.25) is 17.8 Å². The Labute approximate surface area is 411 Å². The Morgan fingerprint density at radius 2 is 1.67 bits per heavy atom. The number of hydrogen-bond donors (Lipinski definition) is 3. The van der Waals surface area contributed by atoms with Crippen LogP contribution >= 0.6 is 23.1 Å². The lowest BCUT2D eigenvalue weighted by atomic mass is 9.99. The van der Waals surface area contributed by atoms with Crippen molar-refractivity contribution in [1.82, 2.24) is 34.6 Å². The summed E-state index contributed by atoms with van der Waals surface area (Å²) in [6.45, 7) is 18.9. The van der Waals surface area contributed by atoms with Gasteiger partial charge in [0.1, 0.15) is 24.8 Å². The second kappa shape index (κ2) is 20.4. The zero-order valence-electron chi connectivity index (χ0n) is 40.4. The Hall–Kier alpha value is -5.61. The number of aryl methyl sites for hydroxylation is 3. The second-order valence-corrected chi connectivity index (χ2v) is 22.7. The van der Waals surface area contributed by atoms with Crippen LogP contribution in [0.5, 0.6) is 5.75 Å². The molecule has 0 bridgehead atoms. The number of amides is 2. The van der Waals surface area contributed by atoms with Gasteiger partial charge in [-0.25, -0.2) is 9.78 Å². The van der Waals surface area contributed by atoms with Gasteiger partial charge in [0.05, 0.1) is 33.5 Å². The van der Waals surface area contributed by atoms with E-state index in [0.29, 0.717) is 45.7 Å². The summed E-state index contributed by atoms with van der Waals surface area (Å²) in [5.74, 6) is 0.321. The summed E-state index contributed by atoms with van der Waals surface area (Å²) in [6, 6.07) is 16.0. The Bertz CT molecular complexity index is 3030. The lowest BCUT2D eigenvalue weighted by Gasteiger charge is -2.43. The smallest absolute Gasteiger partial charge is 0.420 e. The highest BCUT2D eigenvalue weighted by molar-refractivity contribution is 9.10. The summed E-state index contributed by atoms with van der Waals surface area (Å²) in [5, 5.41) is 10.9. The number of benzene rings is 3. The number of carbonyl (C=O) groups is 2. The maximum absolute atomic E-state index is 13.8. The normalized spacial score (nSPS) is 17.7. The fourth-order valence-corrected chi connectivity index (χ4v) is 12.1. The summed E-state index contributed by atoms with van der Waals surface area (Å²) >= 11 is 3.64. The van der Waals surface area contributed by atoms with E-state index in [2.05, 4.69) is 77.5 Å². The Balaban J connectivity index is 0.829. The highest BCUT2D eigenvalue weighted by Crippen LogP contribution is 2.43. The highest BCUT2D eigenvalue weighted by Gasteiger charge is 2.33. The van der Waals surface area contributed by atoms with Crippen LogP contribution < -0.4 is 36.6 Å². The molecule has 9 rings (SSSR count). The van der Waals surface area contributed by atoms with Crippen LogP contribution in [0.15, 0.2) is 68.4 Å². The maximum Gasteiger partial charge on any atom is 0.420 e. The number of rotatable bonds is 15. The third kappa shape index (κ3) is 10.2. The van der Waals surface area contributed by atoms with Crippen molar-refractivity contribution in [1.29, 1.82) is 0 Å². The highest BCUT2D eigenvalue weighted by atomic mass is 79.9. The summed E-state index contributed by atoms with van der Waals surface area (Å²) in [4.78, 5) is 59.6. The quantitative estimate of drug-likeness (QED) is 0.0664. The largest absolute Gasteiger partial charge is 0.492 e. The van der Waals surface area contributed by atoms with Gasteiger partial charge < -0.3 is 34.2 Å². The van der Waals surface area contributed by atoms with Gasteiger partial charge in [-0.05, 0) is 123 Å². The standard InChI is InChI=1S/C51H62BrN10O6P/c1-7-32-28-40(56-50-53-30-37(52)48(58-50)55-39-15-14-38-36(47(39)69(5,6)66)13-12-34(8-2)54-38)43(67-9-3)29-42(32)61-22-19-35(20-23-61)60-26-24-59(25-27-60)21-18-33-11-10-31(4)45-46(33)68-51(65)62(45)41-16-17-44(63)57-49(41)64/h10-15,28-30,35,41H,7-9,16-27H2,1-6H3,(H,57,63,64)(H2,53,55,56,58). The number of hydrogen-bond acceptors (Lipinski definition) is 14. The number of aromatic nitrogens is 4. The minimum absolute atomic E-state index is 0.187. The van der Waals surface area contributed by atoms with Gasteiger partial charge in [0.25, 0.3) is 0 Å². The molecule has 69 heavy (non-hydrogen) atoms. The molecule has 3 aliphatic heterocycles. The molecule has 16 nitrogen and oxygen atoms in total. The second-order valence-electron chi connectivity index (χ2n) is 18.7. The number of anilines is 5. The zero-order valence-corrected chi connectivity index (χ0v) is 42.8. The molecule has 0 spiro atoms. The van der Waals surface area contributed by atoms with Gasteiger partial charge in [0, 0.05) is 92.6 Å². The van der Waals surface area contributed by atoms with Crippen molar-refractivity contribution in [2.75, 3.05) is 81.3 Å². The van der Waals surface area contributed by atoms with Gasteiger partial charge in [-0.15, -0.1) is 0 Å². The number of imide groups is 1. The molecule has 6 aromatic rings. The predicted octanol–water partition coefficient (Wildman–Crippen LogP) is 8.07. The molecule has 2 amide bonds. The lowest BCUT2D eigenvalue weighted by molar-refractivity contribution is -0.135. The number of fused-ring (bicyclic) bond motifs is 2. The first-order chi connectivity index (χ1) is 33.2. The first-order valence-electron chi connectivity index (χ1n) is 24.3. The van der Waals surface area contributed by atoms with Crippen LogP contribution in [-0.2, 0) is 33.4 Å². The summed E-state index contributed by atoms with van der Waals surface area (Å²) in [6.07, 6.45) is 6.69. The fraction of sp³-hybridized carbons (Fsp3) is 0.451. The first kappa shape index (κ1) is 48.4. The van der Waals surface area contributed by atoms with Crippen molar-refractivity contribution >= 4 is 91.0 Å². The number of nitrogens with zero attached hydrogens (tertiary/aromatic N) is 7. The summed E-state index contributed by atoms with van der Waals surface area (Å²) < 4.78 is 28.0. The van der Waals surface area contributed by atoms with Gasteiger partial charge >= 0.3 is 5.76 Å². The molecule has 18 heteroatoms. The Kier molecular flexibility index (Phi) is 14.3. The third-order valence-corrected chi connectivity index (χ3v) is 16.0. The average Bonchev–Trinajstić information content (AvgIpc) is 3.69. The van der Waals surface area contributed by atoms with E-state index in [0.717, 1.165) is 122 Å². The molecule has 6 heterocycles. The van der Waals surface area contributed by atoms with Crippen LogP contribution in [0.25, 0.3) is 22.0 Å². The zero-order chi connectivity index (χ0) is 48.6. The molecule has 364 valence electrons. The van der Waals surface area contributed by atoms with Gasteiger partial charge in [-0.3, -0.25) is 29.4 Å². The molecular weight excluding hydrogens is 960 g/mol. The molecule has 3 aromatic heterocycles. The molecular formula is C51H62BrN10O6P. The molecule has 3 saturated heterocycles. The van der Waals surface area contributed by atoms with Crippen molar-refractivity contribution in [3.63, 3.8) is 0 Å². The molecule has 3 N–H and O–H groups in total. The Morgan fingerprint density at radius 3 is 2.38 bits per heavy atom. The van der Waals surface area contributed by atoms with Crippen LogP contribution in [0, 0.1) is 6.92 Å². The molecule has 0 aliphatic carbocycles. The van der Waals surface area contributed by atoms with E-state index in [9.17, 15) is 18.9 Å². The Morgan fingerprint density at radius 1 is 0.884 bits per heavy atom. The van der Waals surface area contributed by atoms with Crippen LogP contribution in [0.1, 0.15) is 74.9 Å². The van der Waals surface area contributed by atoms with E-state index in [1.54, 1.807) is 19.5 Å². The number of pyridine rings is 1. The monoisotopic (exact) mass is 1020 g/mol.